The SMILES string of the molecule is CNCc1cccc(F)c1OCc1cncn1C(C)C. The van der Waals surface area contributed by atoms with E-state index in [-0.39, 0.29) is 5.82 Å². The molecule has 0 spiro atoms. The number of aromatic nitrogens is 2. The summed E-state index contributed by atoms with van der Waals surface area (Å²) in [4.78, 5) is 4.11. The molecule has 2 rings (SSSR count). The van der Waals surface area contributed by atoms with Crippen molar-refractivity contribution in [2.24, 2.45) is 0 Å². The molecule has 0 amide bonds. The summed E-state index contributed by atoms with van der Waals surface area (Å²) >= 11 is 0. The summed E-state index contributed by atoms with van der Waals surface area (Å²) in [5, 5.41) is 3.01. The van der Waals surface area contributed by atoms with E-state index in [0.717, 1.165) is 11.3 Å². The van der Waals surface area contributed by atoms with Gasteiger partial charge in [-0.15, -0.1) is 0 Å². The Labute approximate surface area is 118 Å². The van der Waals surface area contributed by atoms with E-state index in [1.165, 1.54) is 6.07 Å². The molecule has 1 heterocycles. The van der Waals surface area contributed by atoms with Crippen LogP contribution in [0.4, 0.5) is 4.39 Å². The van der Waals surface area contributed by atoms with E-state index in [9.17, 15) is 4.39 Å². The van der Waals surface area contributed by atoms with Gasteiger partial charge in [-0.25, -0.2) is 9.37 Å². The predicted octanol–water partition coefficient (Wildman–Crippen LogP) is 2.90. The Morgan fingerprint density at radius 2 is 2.20 bits per heavy atom. The van der Waals surface area contributed by atoms with Gasteiger partial charge in [0.15, 0.2) is 11.6 Å². The molecule has 1 N–H and O–H groups in total. The molecule has 108 valence electrons. The van der Waals surface area contributed by atoms with E-state index in [2.05, 4.69) is 24.1 Å². The number of para-hydroxylation sites is 1. The number of hydrogen-bond donors (Lipinski definition) is 1. The minimum absolute atomic E-state index is 0.300. The third kappa shape index (κ3) is 3.17. The summed E-state index contributed by atoms with van der Waals surface area (Å²) in [7, 11) is 1.82. The molecular weight excluding hydrogens is 257 g/mol. The molecule has 0 bridgehead atoms. The molecular formula is C15H20FN3O. The summed E-state index contributed by atoms with van der Waals surface area (Å²) in [5.41, 5.74) is 1.74. The zero-order valence-corrected chi connectivity index (χ0v) is 12.1. The molecule has 0 aliphatic heterocycles. The van der Waals surface area contributed by atoms with Gasteiger partial charge in [0, 0.05) is 18.2 Å². The quantitative estimate of drug-likeness (QED) is 0.882. The van der Waals surface area contributed by atoms with E-state index >= 15 is 0 Å². The fourth-order valence-electron chi connectivity index (χ4n) is 2.10. The van der Waals surface area contributed by atoms with Crippen LogP contribution in [0.3, 0.4) is 0 Å². The van der Waals surface area contributed by atoms with E-state index in [0.29, 0.717) is 24.9 Å². The van der Waals surface area contributed by atoms with Gasteiger partial charge in [0.05, 0.1) is 18.2 Å². The van der Waals surface area contributed by atoms with E-state index in [1.54, 1.807) is 18.6 Å². The summed E-state index contributed by atoms with van der Waals surface area (Å²) in [5.74, 6) is -0.0354. The van der Waals surface area contributed by atoms with Crippen LogP contribution < -0.4 is 10.1 Å². The van der Waals surface area contributed by atoms with Crippen molar-refractivity contribution in [2.45, 2.75) is 33.0 Å². The number of imidazole rings is 1. The van der Waals surface area contributed by atoms with Crippen molar-refractivity contribution in [3.05, 3.63) is 47.8 Å². The van der Waals surface area contributed by atoms with Crippen molar-refractivity contribution in [1.29, 1.82) is 0 Å². The number of hydrogen-bond acceptors (Lipinski definition) is 3. The maximum Gasteiger partial charge on any atom is 0.165 e. The van der Waals surface area contributed by atoms with E-state index in [4.69, 9.17) is 4.74 Å². The second kappa shape index (κ2) is 6.52. The van der Waals surface area contributed by atoms with Gasteiger partial charge in [0.25, 0.3) is 0 Å². The highest BCUT2D eigenvalue weighted by atomic mass is 19.1. The first-order valence-electron chi connectivity index (χ1n) is 6.69. The van der Waals surface area contributed by atoms with Gasteiger partial charge in [-0.2, -0.15) is 0 Å². The molecule has 0 saturated heterocycles. The van der Waals surface area contributed by atoms with Crippen LogP contribution in [0.2, 0.25) is 0 Å². The third-order valence-corrected chi connectivity index (χ3v) is 3.08. The zero-order chi connectivity index (χ0) is 14.5. The zero-order valence-electron chi connectivity index (χ0n) is 12.1. The van der Waals surface area contributed by atoms with Crippen molar-refractivity contribution in [2.75, 3.05) is 7.05 Å². The molecule has 0 fully saturated rings. The monoisotopic (exact) mass is 277 g/mol. The standard InChI is InChI=1S/C15H20FN3O/c1-11(2)19-10-18-8-13(19)9-20-15-12(7-17-3)5-4-6-14(15)16/h4-6,8,10-11,17H,7,9H2,1-3H3. The van der Waals surface area contributed by atoms with Gasteiger partial charge in [-0.05, 0) is 27.0 Å². The maximum absolute atomic E-state index is 13.9. The average molecular weight is 277 g/mol. The largest absolute Gasteiger partial charge is 0.484 e. The van der Waals surface area contributed by atoms with Gasteiger partial charge >= 0.3 is 0 Å². The van der Waals surface area contributed by atoms with Gasteiger partial charge in [-0.3, -0.25) is 0 Å². The van der Waals surface area contributed by atoms with Gasteiger partial charge in [0.2, 0.25) is 0 Å². The van der Waals surface area contributed by atoms with Crippen molar-refractivity contribution >= 4 is 0 Å². The van der Waals surface area contributed by atoms with Crippen molar-refractivity contribution < 1.29 is 9.13 Å². The molecule has 0 aliphatic carbocycles. The molecule has 0 saturated carbocycles. The molecule has 1 aromatic heterocycles. The Morgan fingerprint density at radius 3 is 2.90 bits per heavy atom. The number of ether oxygens (including phenoxy) is 1. The predicted molar refractivity (Wildman–Crippen MR) is 76.1 cm³/mol. The smallest absolute Gasteiger partial charge is 0.165 e. The number of benzene rings is 1. The Morgan fingerprint density at radius 1 is 1.40 bits per heavy atom. The Bertz CT molecular complexity index is 566. The molecule has 0 unspecified atom stereocenters. The average Bonchev–Trinajstić information content (AvgIpc) is 2.87. The maximum atomic E-state index is 13.9. The van der Waals surface area contributed by atoms with Crippen LogP contribution in [0.1, 0.15) is 31.1 Å². The molecule has 2 aromatic rings. The van der Waals surface area contributed by atoms with Gasteiger partial charge in [0.1, 0.15) is 6.61 Å². The molecule has 20 heavy (non-hydrogen) atoms. The summed E-state index contributed by atoms with van der Waals surface area (Å²) in [6.07, 6.45) is 3.51. The second-order valence-electron chi connectivity index (χ2n) is 4.93. The molecule has 0 atom stereocenters. The van der Waals surface area contributed by atoms with Crippen LogP contribution >= 0.6 is 0 Å². The highest BCUT2D eigenvalue weighted by molar-refractivity contribution is 5.35. The minimum atomic E-state index is -0.339. The lowest BCUT2D eigenvalue weighted by atomic mass is 10.2. The summed E-state index contributed by atoms with van der Waals surface area (Å²) < 4.78 is 21.6. The van der Waals surface area contributed by atoms with Gasteiger partial charge < -0.3 is 14.6 Å². The van der Waals surface area contributed by atoms with Gasteiger partial charge in [-0.1, -0.05) is 12.1 Å². The summed E-state index contributed by atoms with van der Waals surface area (Å²) in [6.45, 7) is 5.01. The summed E-state index contributed by atoms with van der Waals surface area (Å²) in [6, 6.07) is 5.25. The highest BCUT2D eigenvalue weighted by Crippen LogP contribution is 2.24. The Hall–Kier alpha value is -1.88. The second-order valence-corrected chi connectivity index (χ2v) is 4.93. The van der Waals surface area contributed by atoms with Crippen molar-refractivity contribution in [3.63, 3.8) is 0 Å². The van der Waals surface area contributed by atoms with Crippen LogP contribution in [0.5, 0.6) is 5.75 Å². The fourth-order valence-corrected chi connectivity index (χ4v) is 2.10. The van der Waals surface area contributed by atoms with Crippen LogP contribution in [0, 0.1) is 5.82 Å². The minimum Gasteiger partial charge on any atom is -0.484 e. The first-order chi connectivity index (χ1) is 9.63. The lowest BCUT2D eigenvalue weighted by molar-refractivity contribution is 0.274. The molecule has 4 nitrogen and oxygen atoms in total. The lowest BCUT2D eigenvalue weighted by Gasteiger charge is -2.15. The van der Waals surface area contributed by atoms with Crippen LogP contribution in [0.15, 0.2) is 30.7 Å². The number of nitrogens with one attached hydrogen (secondary N) is 1. The fraction of sp³-hybridized carbons (Fsp3) is 0.400. The Kier molecular flexibility index (Phi) is 4.74. The normalized spacial score (nSPS) is 11.1. The number of halogens is 1. The lowest BCUT2D eigenvalue weighted by Crippen LogP contribution is -2.11. The first-order valence-corrected chi connectivity index (χ1v) is 6.69. The topological polar surface area (TPSA) is 39.1 Å². The number of nitrogens with zero attached hydrogens (tertiary/aromatic N) is 2. The van der Waals surface area contributed by atoms with Crippen molar-refractivity contribution in [1.82, 2.24) is 14.9 Å². The first kappa shape index (κ1) is 14.5. The van der Waals surface area contributed by atoms with Crippen LogP contribution in [0.25, 0.3) is 0 Å². The van der Waals surface area contributed by atoms with Crippen LogP contribution in [-0.4, -0.2) is 16.6 Å². The van der Waals surface area contributed by atoms with E-state index < -0.39 is 0 Å². The number of rotatable bonds is 6. The molecule has 5 heteroatoms. The molecule has 1 aromatic carbocycles. The van der Waals surface area contributed by atoms with Crippen molar-refractivity contribution in [3.8, 4) is 5.75 Å². The third-order valence-electron chi connectivity index (χ3n) is 3.08. The Balaban J connectivity index is 2.16. The molecule has 0 radical (unpaired) electrons. The highest BCUT2D eigenvalue weighted by Gasteiger charge is 2.11. The molecule has 0 aliphatic rings. The van der Waals surface area contributed by atoms with Crippen LogP contribution in [-0.2, 0) is 13.2 Å². The van der Waals surface area contributed by atoms with E-state index in [1.807, 2.05) is 17.7 Å².